The molecule has 11 aromatic carbocycles. The van der Waals surface area contributed by atoms with Crippen molar-refractivity contribution in [3.05, 3.63) is 310 Å². The number of anilines is 18. The Kier molecular flexibility index (Phi) is 15.5. The maximum Gasteiger partial charge on any atom is 0.266 e. The normalized spacial score (nSPS) is 16.1. The maximum atomic E-state index is 6.39. The molecule has 7 heterocycles. The van der Waals surface area contributed by atoms with Crippen LogP contribution in [0.2, 0.25) is 0 Å². The third-order valence-corrected chi connectivity index (χ3v) is 27.2. The van der Waals surface area contributed by atoms with Gasteiger partial charge in [-0.15, -0.1) is 11.3 Å². The third kappa shape index (κ3) is 10.5. The number of benzene rings is 11. The highest BCUT2D eigenvalue weighted by atomic mass is 32.1. The van der Waals surface area contributed by atoms with Crippen molar-refractivity contribution in [3.63, 3.8) is 0 Å². The largest absolute Gasteiger partial charge is 0.311 e. The fourth-order valence-corrected chi connectivity index (χ4v) is 21.4. The minimum atomic E-state index is -0.279. The minimum absolute atomic E-state index is 0.0100. The molecule has 20 rings (SSSR count). The molecule has 0 saturated carbocycles. The van der Waals surface area contributed by atoms with Crippen LogP contribution in [0, 0.1) is 41.5 Å². The van der Waals surface area contributed by atoms with E-state index in [-0.39, 0.29) is 35.1 Å². The van der Waals surface area contributed by atoms with Gasteiger partial charge in [-0.2, -0.15) is 0 Å². The highest BCUT2D eigenvalue weighted by molar-refractivity contribution is 7.33. The van der Waals surface area contributed by atoms with Crippen molar-refractivity contribution in [1.29, 1.82) is 0 Å². The Labute approximate surface area is 659 Å². The summed E-state index contributed by atoms with van der Waals surface area (Å²) in [6.07, 6.45) is 4.48. The second kappa shape index (κ2) is 25.1. The molecule has 0 saturated heterocycles. The molecule has 0 radical (unpaired) electrons. The van der Waals surface area contributed by atoms with E-state index in [2.05, 4.69) is 381 Å². The number of para-hydroxylation sites is 8. The number of pyridine rings is 2. The summed E-state index contributed by atoms with van der Waals surface area (Å²) < 4.78 is 2.62. The van der Waals surface area contributed by atoms with Crippen molar-refractivity contribution < 1.29 is 0 Å². The lowest BCUT2D eigenvalue weighted by Crippen LogP contribution is -2.65. The first-order valence-corrected chi connectivity index (χ1v) is 40.7. The third-order valence-electron chi connectivity index (χ3n) is 26.0. The van der Waals surface area contributed by atoms with Crippen molar-refractivity contribution in [2.24, 2.45) is 0 Å². The predicted octanol–water partition coefficient (Wildman–Crippen LogP) is 23.3. The number of hydrogen-bond donors (Lipinski definition) is 0. The zero-order valence-electron chi connectivity index (χ0n) is 66.2. The van der Waals surface area contributed by atoms with Crippen molar-refractivity contribution in [2.75, 3.05) is 29.4 Å². The fourth-order valence-electron chi connectivity index (χ4n) is 20.1. The number of nitrogens with zero attached hydrogens (tertiary/aromatic N) is 8. The van der Waals surface area contributed by atoms with Gasteiger partial charge in [0.15, 0.2) is 0 Å². The second-order valence-electron chi connectivity index (χ2n) is 34.9. The van der Waals surface area contributed by atoms with Crippen LogP contribution in [0.15, 0.2) is 255 Å². The highest BCUT2D eigenvalue weighted by Crippen LogP contribution is 2.57. The topological polar surface area (TPSA) is 45.2 Å². The predicted molar refractivity (Wildman–Crippen MR) is 474 cm³/mol. The minimum Gasteiger partial charge on any atom is -0.311 e. The van der Waals surface area contributed by atoms with Gasteiger partial charge in [-0.3, -0.25) is 19.6 Å². The van der Waals surface area contributed by atoms with Gasteiger partial charge in [-0.05, 0) is 257 Å². The summed E-state index contributed by atoms with van der Waals surface area (Å²) >= 11 is 1.99. The monoisotopic (exact) mass is 1460 g/mol. The molecular weight excluding hydrogens is 1370 g/mol. The van der Waals surface area contributed by atoms with Crippen LogP contribution in [0.4, 0.5) is 103 Å². The van der Waals surface area contributed by atoms with E-state index in [1.807, 2.05) is 11.3 Å². The molecule has 11 heteroatoms. The zero-order valence-corrected chi connectivity index (χ0v) is 67.0. The van der Waals surface area contributed by atoms with Gasteiger partial charge in [0.25, 0.3) is 13.4 Å². The molecule has 8 nitrogen and oxygen atoms in total. The molecule has 0 spiro atoms. The van der Waals surface area contributed by atoms with Crippen LogP contribution < -0.4 is 61.5 Å². The van der Waals surface area contributed by atoms with E-state index in [1.54, 1.807) is 0 Å². The molecule has 111 heavy (non-hydrogen) atoms. The van der Waals surface area contributed by atoms with Crippen molar-refractivity contribution in [2.45, 2.75) is 144 Å². The van der Waals surface area contributed by atoms with Gasteiger partial charge in [-0.25, -0.2) is 9.97 Å². The maximum absolute atomic E-state index is 6.39. The van der Waals surface area contributed by atoms with E-state index in [0.717, 1.165) is 134 Å². The summed E-state index contributed by atoms with van der Waals surface area (Å²) in [5.74, 6) is 3.45. The lowest BCUT2D eigenvalue weighted by molar-refractivity contribution is 0.332. The van der Waals surface area contributed by atoms with Gasteiger partial charge in [0.05, 0.1) is 28.4 Å². The van der Waals surface area contributed by atoms with E-state index in [0.29, 0.717) is 0 Å². The molecule has 544 valence electrons. The Morgan fingerprint density at radius 1 is 0.324 bits per heavy atom. The standard InChI is InChI=1S/C100H92B2N8S/c1-61-32-24-27-45-79(61)109(91-63(3)34-30-35-64(91)4)87-59-84-89-95(103-87)107(68-40-20-16-21-41-68)82-58-83-78(57-77(82)101(89)76-44-26-29-47-81(76)105(84)70-48-49-72-73(54-70)98(9,10)51-50-97(72,7)8)102-90-85(106(67-38-18-15-19-39-67)93-71-55-74-75(56-86(71)111-94(93)102)100(13,14)53-52-99(74,11)12)60-88(104-96(90)108(83)69-42-22-17-23-43-69)110(80-46-28-25-33-62(80)2)92-65(5)36-31-37-66(92)6/h15-49,54-60H,50-53H2,1-14H3. The van der Waals surface area contributed by atoms with Crippen LogP contribution in [-0.2, 0) is 21.7 Å². The number of aromatic nitrogens is 2. The molecule has 0 atom stereocenters. The Morgan fingerprint density at radius 3 is 1.25 bits per heavy atom. The van der Waals surface area contributed by atoms with Gasteiger partial charge in [-0.1, -0.05) is 213 Å². The van der Waals surface area contributed by atoms with Crippen molar-refractivity contribution in [3.8, 4) is 0 Å². The molecule has 0 N–H and O–H groups in total. The van der Waals surface area contributed by atoms with E-state index in [4.69, 9.17) is 9.97 Å². The van der Waals surface area contributed by atoms with Crippen LogP contribution in [0.25, 0.3) is 10.1 Å². The lowest BCUT2D eigenvalue weighted by Gasteiger charge is -2.47. The molecular formula is C100H92B2N8S. The summed E-state index contributed by atoms with van der Waals surface area (Å²) in [6.45, 7) is 32.7. The molecule has 0 amide bonds. The van der Waals surface area contributed by atoms with Gasteiger partial charge >= 0.3 is 0 Å². The Bertz CT molecular complexity index is 6160. The van der Waals surface area contributed by atoms with E-state index >= 15 is 0 Å². The number of fused-ring (bicyclic) bond motifs is 12. The highest BCUT2D eigenvalue weighted by Gasteiger charge is 2.52. The van der Waals surface area contributed by atoms with Gasteiger partial charge in [0.1, 0.15) is 23.3 Å². The van der Waals surface area contributed by atoms with Crippen molar-refractivity contribution >= 4 is 170 Å². The molecule has 4 aliphatic heterocycles. The van der Waals surface area contributed by atoms with E-state index in [1.165, 1.54) is 92.4 Å². The Balaban J connectivity index is 0.939. The molecule has 0 unspecified atom stereocenters. The van der Waals surface area contributed by atoms with Gasteiger partial charge < -0.3 is 9.80 Å². The molecule has 6 aliphatic rings. The van der Waals surface area contributed by atoms with E-state index in [9.17, 15) is 0 Å². The molecule has 14 aromatic rings. The molecule has 3 aromatic heterocycles. The quantitative estimate of drug-likeness (QED) is 0.126. The number of rotatable bonds is 10. The summed E-state index contributed by atoms with van der Waals surface area (Å²) in [5.41, 5.74) is 34.2. The van der Waals surface area contributed by atoms with Crippen LogP contribution in [0.3, 0.4) is 0 Å². The average molecular weight is 1460 g/mol. The smallest absolute Gasteiger partial charge is 0.266 e. The first kappa shape index (κ1) is 68.8. The SMILES string of the molecule is Cc1ccccc1N(c1cc2c3c(n1)N(c1ccccc1)c1cc4c(cc1B3c1ccccc1N2c1ccc2c(c1)C(C)(C)CCC2(C)C)B1c2sc3cc5c(cc3c2N(c2ccccc2)c2cc(N(c3ccccc3C)c3c(C)cccc3C)nc(c21)N4c1ccccc1)C(C)(C)CCC5(C)C)c1c(C)cccc1C. The van der Waals surface area contributed by atoms with E-state index < -0.39 is 0 Å². The lowest BCUT2D eigenvalue weighted by atomic mass is 9.31. The van der Waals surface area contributed by atoms with Crippen molar-refractivity contribution in [1.82, 2.24) is 9.97 Å². The van der Waals surface area contributed by atoms with Crippen LogP contribution >= 0.6 is 11.3 Å². The summed E-state index contributed by atoms with van der Waals surface area (Å²) in [4.78, 5) is 28.0. The van der Waals surface area contributed by atoms with Crippen LogP contribution in [-0.4, -0.2) is 23.4 Å². The van der Waals surface area contributed by atoms with Crippen LogP contribution in [0.5, 0.6) is 0 Å². The second-order valence-corrected chi connectivity index (χ2v) is 36.0. The average Bonchev–Trinajstić information content (AvgIpc) is 1.67. The first-order valence-electron chi connectivity index (χ1n) is 39.9. The molecule has 2 aliphatic carbocycles. The number of thiophene rings is 1. The van der Waals surface area contributed by atoms with Gasteiger partial charge in [0, 0.05) is 78.2 Å². The van der Waals surface area contributed by atoms with Crippen LogP contribution in [0.1, 0.15) is 137 Å². The number of aryl methyl sites for hydroxylation is 6. The first-order chi connectivity index (χ1) is 53.5. The Hall–Kier alpha value is -11.4. The zero-order chi connectivity index (χ0) is 76.1. The summed E-state index contributed by atoms with van der Waals surface area (Å²) in [6, 6.07) is 96.8. The van der Waals surface area contributed by atoms with Gasteiger partial charge in [0.2, 0.25) is 0 Å². The summed E-state index contributed by atoms with van der Waals surface area (Å²) in [7, 11) is 0. The molecule has 0 bridgehead atoms. The fraction of sp³-hybridized carbons (Fsp3) is 0.220. The number of hydrogen-bond acceptors (Lipinski definition) is 9. The Morgan fingerprint density at radius 2 is 0.739 bits per heavy atom. The molecule has 0 fully saturated rings. The summed E-state index contributed by atoms with van der Waals surface area (Å²) in [5, 5.41) is 1.29.